The smallest absolute Gasteiger partial charge is 0.208 e. The minimum atomic E-state index is -3.82. The number of nitrogens with one attached hydrogen (secondary N) is 1. The van der Waals surface area contributed by atoms with Crippen LogP contribution in [0.25, 0.3) is 0 Å². The molecule has 0 aliphatic heterocycles. The van der Waals surface area contributed by atoms with Crippen LogP contribution in [0.2, 0.25) is 0 Å². The van der Waals surface area contributed by atoms with Gasteiger partial charge < -0.3 is 0 Å². The standard InChI is InChI=1S/C13H21F2N3O2S/c1-9-12(10(2)18(16-9)13(14)15)21(19,20)17-11-7-5-3-4-6-8-11/h11,13,17H,3-8H2,1-2H3. The highest BCUT2D eigenvalue weighted by molar-refractivity contribution is 7.89. The molecule has 1 aliphatic carbocycles. The van der Waals surface area contributed by atoms with Crippen LogP contribution >= 0.6 is 0 Å². The van der Waals surface area contributed by atoms with Gasteiger partial charge in [-0.05, 0) is 26.7 Å². The fourth-order valence-corrected chi connectivity index (χ4v) is 4.61. The number of nitrogens with zero attached hydrogens (tertiary/aromatic N) is 2. The molecule has 1 aliphatic rings. The lowest BCUT2D eigenvalue weighted by Gasteiger charge is -2.16. The summed E-state index contributed by atoms with van der Waals surface area (Å²) in [5.41, 5.74) is 0.0811. The summed E-state index contributed by atoms with van der Waals surface area (Å²) in [5, 5.41) is 3.64. The molecule has 5 nitrogen and oxygen atoms in total. The Bertz CT molecular complexity index is 591. The first-order valence-corrected chi connectivity index (χ1v) is 8.67. The zero-order valence-corrected chi connectivity index (χ0v) is 13.1. The van der Waals surface area contributed by atoms with Crippen molar-refractivity contribution < 1.29 is 17.2 Å². The molecule has 1 heterocycles. The Kier molecular flexibility index (Phi) is 4.98. The van der Waals surface area contributed by atoms with Crippen molar-refractivity contribution in [3.8, 4) is 0 Å². The molecule has 0 unspecified atom stereocenters. The normalized spacial score (nSPS) is 18.1. The van der Waals surface area contributed by atoms with E-state index >= 15 is 0 Å². The third-order valence-corrected chi connectivity index (χ3v) is 5.66. The van der Waals surface area contributed by atoms with Gasteiger partial charge >= 0.3 is 6.55 Å². The number of rotatable bonds is 4. The number of sulfonamides is 1. The van der Waals surface area contributed by atoms with E-state index in [0.29, 0.717) is 4.68 Å². The molecular weight excluding hydrogens is 300 g/mol. The van der Waals surface area contributed by atoms with Gasteiger partial charge in [0.2, 0.25) is 10.0 Å². The minimum absolute atomic E-state index is 0.0244. The Morgan fingerprint density at radius 3 is 2.24 bits per heavy atom. The van der Waals surface area contributed by atoms with Crippen molar-refractivity contribution in [1.82, 2.24) is 14.5 Å². The number of hydrogen-bond acceptors (Lipinski definition) is 3. The Morgan fingerprint density at radius 1 is 1.19 bits per heavy atom. The lowest BCUT2D eigenvalue weighted by atomic mass is 10.1. The molecule has 2 rings (SSSR count). The van der Waals surface area contributed by atoms with Gasteiger partial charge in [0, 0.05) is 6.04 Å². The second kappa shape index (κ2) is 6.39. The van der Waals surface area contributed by atoms with Crippen LogP contribution in [0.4, 0.5) is 8.78 Å². The summed E-state index contributed by atoms with van der Waals surface area (Å²) in [6, 6.07) is -0.119. The largest absolute Gasteiger partial charge is 0.333 e. The van der Waals surface area contributed by atoms with Crippen molar-refractivity contribution in [3.63, 3.8) is 0 Å². The van der Waals surface area contributed by atoms with Gasteiger partial charge in [0.1, 0.15) is 4.90 Å². The highest BCUT2D eigenvalue weighted by Crippen LogP contribution is 2.25. The maximum atomic E-state index is 12.8. The fourth-order valence-electron chi connectivity index (χ4n) is 2.90. The van der Waals surface area contributed by atoms with Crippen molar-refractivity contribution in [2.45, 2.75) is 69.9 Å². The molecule has 0 saturated heterocycles. The maximum absolute atomic E-state index is 12.8. The Morgan fingerprint density at radius 2 is 1.76 bits per heavy atom. The summed E-state index contributed by atoms with van der Waals surface area (Å²) in [6.45, 7) is -0.0491. The molecule has 1 saturated carbocycles. The fraction of sp³-hybridized carbons (Fsp3) is 0.769. The van der Waals surface area contributed by atoms with Gasteiger partial charge in [-0.15, -0.1) is 0 Å². The Labute approximate surface area is 123 Å². The van der Waals surface area contributed by atoms with Crippen LogP contribution in [0.15, 0.2) is 4.90 Å². The predicted octanol–water partition coefficient (Wildman–Crippen LogP) is 2.90. The van der Waals surface area contributed by atoms with Crippen molar-refractivity contribution >= 4 is 10.0 Å². The Hall–Kier alpha value is -1.02. The van der Waals surface area contributed by atoms with Gasteiger partial charge in [0.15, 0.2) is 0 Å². The molecule has 0 spiro atoms. The van der Waals surface area contributed by atoms with Crippen molar-refractivity contribution in [3.05, 3.63) is 11.4 Å². The summed E-state index contributed by atoms with van der Waals surface area (Å²) in [7, 11) is -3.82. The monoisotopic (exact) mass is 321 g/mol. The predicted molar refractivity (Wildman–Crippen MR) is 74.8 cm³/mol. The average Bonchev–Trinajstić information content (AvgIpc) is 2.56. The number of alkyl halides is 2. The molecule has 0 bridgehead atoms. The first-order valence-electron chi connectivity index (χ1n) is 7.19. The maximum Gasteiger partial charge on any atom is 0.333 e. The first kappa shape index (κ1) is 16.4. The summed E-state index contributed by atoms with van der Waals surface area (Å²) in [5.74, 6) is 0. The highest BCUT2D eigenvalue weighted by atomic mass is 32.2. The molecule has 120 valence electrons. The SMILES string of the molecule is Cc1nn(C(F)F)c(C)c1S(=O)(=O)NC1CCCCCC1. The van der Waals surface area contributed by atoms with Gasteiger partial charge in [-0.2, -0.15) is 13.9 Å². The molecule has 0 amide bonds. The highest BCUT2D eigenvalue weighted by Gasteiger charge is 2.29. The Balaban J connectivity index is 2.27. The second-order valence-electron chi connectivity index (χ2n) is 5.53. The van der Waals surface area contributed by atoms with Crippen molar-refractivity contribution in [2.24, 2.45) is 0 Å². The van der Waals surface area contributed by atoms with Crippen molar-refractivity contribution in [1.29, 1.82) is 0 Å². The summed E-state index contributed by atoms with van der Waals surface area (Å²) >= 11 is 0. The van der Waals surface area contributed by atoms with Crippen LogP contribution in [0, 0.1) is 13.8 Å². The van der Waals surface area contributed by atoms with Gasteiger partial charge in [0.05, 0.1) is 11.4 Å². The van der Waals surface area contributed by atoms with Crippen LogP contribution in [-0.2, 0) is 10.0 Å². The van der Waals surface area contributed by atoms with E-state index in [1.165, 1.54) is 13.8 Å². The van der Waals surface area contributed by atoms with Gasteiger partial charge in [-0.3, -0.25) is 0 Å². The van der Waals surface area contributed by atoms with E-state index in [1.807, 2.05) is 0 Å². The van der Waals surface area contributed by atoms with E-state index in [4.69, 9.17) is 0 Å². The summed E-state index contributed by atoms with van der Waals surface area (Å²) < 4.78 is 53.7. The van der Waals surface area contributed by atoms with E-state index < -0.39 is 16.6 Å². The summed E-state index contributed by atoms with van der Waals surface area (Å²) in [6.07, 6.45) is 5.78. The van der Waals surface area contributed by atoms with Crippen LogP contribution in [0.1, 0.15) is 56.5 Å². The first-order chi connectivity index (χ1) is 9.83. The van der Waals surface area contributed by atoms with Gasteiger partial charge in [-0.1, -0.05) is 25.7 Å². The molecule has 1 fully saturated rings. The molecular formula is C13H21F2N3O2S. The number of aryl methyl sites for hydroxylation is 1. The third kappa shape index (κ3) is 3.60. The molecule has 1 aromatic heterocycles. The average molecular weight is 321 g/mol. The van der Waals surface area contributed by atoms with E-state index in [-0.39, 0.29) is 22.3 Å². The van der Waals surface area contributed by atoms with Crippen LogP contribution in [0.3, 0.4) is 0 Å². The van der Waals surface area contributed by atoms with Crippen LogP contribution < -0.4 is 4.72 Å². The van der Waals surface area contributed by atoms with E-state index in [0.717, 1.165) is 38.5 Å². The van der Waals surface area contributed by atoms with Gasteiger partial charge in [0.25, 0.3) is 0 Å². The number of halogens is 2. The topological polar surface area (TPSA) is 64.0 Å². The van der Waals surface area contributed by atoms with E-state index in [2.05, 4.69) is 9.82 Å². The lowest BCUT2D eigenvalue weighted by Crippen LogP contribution is -2.35. The molecule has 0 atom stereocenters. The molecule has 21 heavy (non-hydrogen) atoms. The molecule has 1 aromatic rings. The summed E-state index contributed by atoms with van der Waals surface area (Å²) in [4.78, 5) is -0.118. The molecule has 8 heteroatoms. The third-order valence-electron chi connectivity index (χ3n) is 3.89. The molecule has 0 radical (unpaired) electrons. The van der Waals surface area contributed by atoms with Crippen molar-refractivity contribution in [2.75, 3.05) is 0 Å². The zero-order valence-electron chi connectivity index (χ0n) is 12.3. The van der Waals surface area contributed by atoms with Crippen LogP contribution in [0.5, 0.6) is 0 Å². The lowest BCUT2D eigenvalue weighted by molar-refractivity contribution is 0.0538. The van der Waals surface area contributed by atoms with E-state index in [1.54, 1.807) is 0 Å². The minimum Gasteiger partial charge on any atom is -0.208 e. The number of aromatic nitrogens is 2. The second-order valence-corrected chi connectivity index (χ2v) is 7.18. The quantitative estimate of drug-likeness (QED) is 0.867. The zero-order chi connectivity index (χ0) is 15.6. The number of hydrogen-bond donors (Lipinski definition) is 1. The molecule has 1 N–H and O–H groups in total. The molecule has 0 aromatic carbocycles. The van der Waals surface area contributed by atoms with Gasteiger partial charge in [-0.25, -0.2) is 17.8 Å². The van der Waals surface area contributed by atoms with E-state index in [9.17, 15) is 17.2 Å². The van der Waals surface area contributed by atoms with Crippen LogP contribution in [-0.4, -0.2) is 24.2 Å².